The number of aromatic nitrogens is 1. The van der Waals surface area contributed by atoms with Crippen molar-refractivity contribution in [2.45, 2.75) is 44.9 Å². The average molecular weight is 498 g/mol. The highest BCUT2D eigenvalue weighted by molar-refractivity contribution is 5.88. The summed E-state index contributed by atoms with van der Waals surface area (Å²) in [5.41, 5.74) is 0.748. The van der Waals surface area contributed by atoms with Gasteiger partial charge in [-0.15, -0.1) is 0 Å². The fraction of sp³-hybridized carbons (Fsp3) is 0.385. The molecule has 192 valence electrons. The Morgan fingerprint density at radius 2 is 1.94 bits per heavy atom. The lowest BCUT2D eigenvalue weighted by atomic mass is 10.1. The highest BCUT2D eigenvalue weighted by atomic mass is 16.6. The number of nitrogens with one attached hydrogen (secondary N) is 1. The van der Waals surface area contributed by atoms with Gasteiger partial charge in [0.2, 0.25) is 0 Å². The van der Waals surface area contributed by atoms with Gasteiger partial charge >= 0.3 is 18.2 Å². The number of carbonyl (C=O) groups excluding carboxylic acids is 2. The Labute approximate surface area is 209 Å². The molecule has 1 aliphatic rings. The molecule has 0 radical (unpaired) electrons. The second kappa shape index (κ2) is 11.6. The minimum absolute atomic E-state index is 0.0617. The van der Waals surface area contributed by atoms with Crippen LogP contribution < -0.4 is 10.1 Å². The van der Waals surface area contributed by atoms with E-state index in [-0.39, 0.29) is 37.4 Å². The number of alkyl carbamates (subject to hydrolysis) is 1. The molecule has 2 amide bonds. The van der Waals surface area contributed by atoms with E-state index in [0.717, 1.165) is 0 Å². The molecule has 1 aromatic heterocycles. The summed E-state index contributed by atoms with van der Waals surface area (Å²) in [5, 5.41) is 11.9. The van der Waals surface area contributed by atoms with Crippen LogP contribution in [0.1, 0.15) is 37.6 Å². The van der Waals surface area contributed by atoms with Crippen LogP contribution in [0.3, 0.4) is 0 Å². The Morgan fingerprint density at radius 1 is 1.22 bits per heavy atom. The maximum atomic E-state index is 12.7. The monoisotopic (exact) mass is 497 g/mol. The zero-order valence-electron chi connectivity index (χ0n) is 20.6. The molecule has 2 atom stereocenters. The number of pyridine rings is 1. The van der Waals surface area contributed by atoms with E-state index in [4.69, 9.17) is 19.3 Å². The van der Waals surface area contributed by atoms with Gasteiger partial charge < -0.3 is 24.6 Å². The van der Waals surface area contributed by atoms with Crippen LogP contribution in [0.5, 0.6) is 5.75 Å². The van der Waals surface area contributed by atoms with Crippen molar-refractivity contribution in [2.75, 3.05) is 19.8 Å². The van der Waals surface area contributed by atoms with Gasteiger partial charge in [-0.05, 0) is 51.5 Å². The van der Waals surface area contributed by atoms with Gasteiger partial charge in [-0.3, -0.25) is 9.88 Å². The first-order chi connectivity index (χ1) is 17.1. The summed E-state index contributed by atoms with van der Waals surface area (Å²) in [5.74, 6) is -0.540. The van der Waals surface area contributed by atoms with Gasteiger partial charge in [0.1, 0.15) is 30.3 Å². The molecule has 1 saturated heterocycles. The molecule has 2 aromatic rings. The van der Waals surface area contributed by atoms with Crippen LogP contribution in [0.4, 0.5) is 9.59 Å². The van der Waals surface area contributed by atoms with Crippen molar-refractivity contribution < 1.29 is 33.7 Å². The Kier molecular flexibility index (Phi) is 8.52. The number of carbonyl (C=O) groups is 3. The van der Waals surface area contributed by atoms with Crippen molar-refractivity contribution >= 4 is 18.2 Å². The van der Waals surface area contributed by atoms with E-state index in [1.54, 1.807) is 51.2 Å². The van der Waals surface area contributed by atoms with Crippen LogP contribution >= 0.6 is 0 Å². The van der Waals surface area contributed by atoms with Crippen molar-refractivity contribution in [3.8, 4) is 17.0 Å². The summed E-state index contributed by atoms with van der Waals surface area (Å²) in [6.07, 6.45) is 2.43. The van der Waals surface area contributed by atoms with Gasteiger partial charge in [-0.25, -0.2) is 14.4 Å². The lowest BCUT2D eigenvalue weighted by Gasteiger charge is -2.24. The summed E-state index contributed by atoms with van der Waals surface area (Å²) in [7, 11) is 0. The van der Waals surface area contributed by atoms with Gasteiger partial charge in [-0.2, -0.15) is 0 Å². The predicted molar refractivity (Wildman–Crippen MR) is 132 cm³/mol. The number of carboxylic acids is 1. The summed E-state index contributed by atoms with van der Waals surface area (Å²) in [4.78, 5) is 42.0. The van der Waals surface area contributed by atoms with Crippen LogP contribution in [0.25, 0.3) is 11.3 Å². The summed E-state index contributed by atoms with van der Waals surface area (Å²) in [6, 6.07) is 9.06. The quantitative estimate of drug-likeness (QED) is 0.522. The van der Waals surface area contributed by atoms with Gasteiger partial charge in [0, 0.05) is 18.3 Å². The Hall–Kier alpha value is -4.08. The zero-order valence-corrected chi connectivity index (χ0v) is 20.6. The van der Waals surface area contributed by atoms with E-state index in [1.165, 1.54) is 23.1 Å². The number of amides is 2. The zero-order chi connectivity index (χ0) is 26.3. The molecule has 2 N–H and O–H groups in total. The van der Waals surface area contributed by atoms with Crippen LogP contribution in [-0.4, -0.2) is 70.6 Å². The molecule has 0 aliphatic carbocycles. The number of benzene rings is 1. The lowest BCUT2D eigenvalue weighted by molar-refractivity contribution is 0.0503. The smallest absolute Gasteiger partial charge is 0.410 e. The summed E-state index contributed by atoms with van der Waals surface area (Å²) >= 11 is 0. The molecule has 0 saturated carbocycles. The van der Waals surface area contributed by atoms with E-state index >= 15 is 0 Å². The first-order valence-corrected chi connectivity index (χ1v) is 11.5. The first-order valence-electron chi connectivity index (χ1n) is 11.5. The molecule has 1 fully saturated rings. The Balaban J connectivity index is 1.73. The fourth-order valence-corrected chi connectivity index (χ4v) is 3.77. The van der Waals surface area contributed by atoms with Gasteiger partial charge in [0.05, 0.1) is 17.6 Å². The largest absolute Gasteiger partial charge is 0.489 e. The summed E-state index contributed by atoms with van der Waals surface area (Å²) in [6.45, 7) is 9.31. The van der Waals surface area contributed by atoms with E-state index in [9.17, 15) is 14.4 Å². The number of rotatable bonds is 8. The lowest BCUT2D eigenvalue weighted by Crippen LogP contribution is -2.42. The first kappa shape index (κ1) is 26.5. The maximum Gasteiger partial charge on any atom is 0.410 e. The molecule has 2 heterocycles. The number of nitrogens with zero attached hydrogens (tertiary/aromatic N) is 2. The van der Waals surface area contributed by atoms with Crippen molar-refractivity contribution in [2.24, 2.45) is 0 Å². The predicted octanol–water partition coefficient (Wildman–Crippen LogP) is 4.12. The molecule has 0 spiro atoms. The van der Waals surface area contributed by atoms with Crippen LogP contribution in [0.2, 0.25) is 0 Å². The molecule has 1 aliphatic heterocycles. The van der Waals surface area contributed by atoms with E-state index < -0.39 is 23.8 Å². The minimum atomic E-state index is -1.02. The molecular formula is C26H31N3O7. The third-order valence-electron chi connectivity index (χ3n) is 5.30. The second-order valence-corrected chi connectivity index (χ2v) is 9.29. The standard InChI is InChI=1S/C26H31N3O7/c1-5-13-34-25(33)29-15-19(28-24(32)36-26(2,3)4)14-20(29)16-35-21-7-6-12-27-22(21)17-8-10-18(11-9-17)23(30)31/h5-12,19-20H,1,13-16H2,2-4H3,(H,28,32)(H,30,31)/t19-,20-/m0/s1. The Bertz CT molecular complexity index is 1100. The fourth-order valence-electron chi connectivity index (χ4n) is 3.77. The minimum Gasteiger partial charge on any atom is -0.489 e. The maximum absolute atomic E-state index is 12.7. The number of ether oxygens (including phenoxy) is 3. The van der Waals surface area contributed by atoms with Crippen molar-refractivity contribution in [1.29, 1.82) is 0 Å². The van der Waals surface area contributed by atoms with Crippen LogP contribution in [-0.2, 0) is 9.47 Å². The van der Waals surface area contributed by atoms with Gasteiger partial charge in [-0.1, -0.05) is 24.8 Å². The topological polar surface area (TPSA) is 127 Å². The van der Waals surface area contributed by atoms with E-state index in [2.05, 4.69) is 16.9 Å². The molecule has 36 heavy (non-hydrogen) atoms. The van der Waals surface area contributed by atoms with Crippen LogP contribution in [0, 0.1) is 0 Å². The van der Waals surface area contributed by atoms with E-state index in [0.29, 0.717) is 23.4 Å². The number of likely N-dealkylation sites (tertiary alicyclic amines) is 1. The van der Waals surface area contributed by atoms with Crippen LogP contribution in [0.15, 0.2) is 55.3 Å². The summed E-state index contributed by atoms with van der Waals surface area (Å²) < 4.78 is 16.6. The molecule has 0 bridgehead atoms. The molecule has 0 unspecified atom stereocenters. The number of hydrogen-bond donors (Lipinski definition) is 2. The molecule has 3 rings (SSSR count). The highest BCUT2D eigenvalue weighted by Gasteiger charge is 2.38. The van der Waals surface area contributed by atoms with Crippen molar-refractivity contribution in [3.63, 3.8) is 0 Å². The van der Waals surface area contributed by atoms with Crippen molar-refractivity contribution in [1.82, 2.24) is 15.2 Å². The second-order valence-electron chi connectivity index (χ2n) is 9.29. The number of aromatic carboxylic acids is 1. The molecule has 10 nitrogen and oxygen atoms in total. The normalized spacial score (nSPS) is 17.2. The third kappa shape index (κ3) is 7.21. The van der Waals surface area contributed by atoms with Crippen molar-refractivity contribution in [3.05, 3.63) is 60.8 Å². The van der Waals surface area contributed by atoms with Gasteiger partial charge in [0.15, 0.2) is 0 Å². The van der Waals surface area contributed by atoms with E-state index in [1.807, 2.05) is 0 Å². The molecule has 1 aromatic carbocycles. The highest BCUT2D eigenvalue weighted by Crippen LogP contribution is 2.29. The molecular weight excluding hydrogens is 466 g/mol. The number of carboxylic acid groups (broad SMARTS) is 1. The van der Waals surface area contributed by atoms with Gasteiger partial charge in [0.25, 0.3) is 0 Å². The Morgan fingerprint density at radius 3 is 2.58 bits per heavy atom. The average Bonchev–Trinajstić information content (AvgIpc) is 3.22. The third-order valence-corrected chi connectivity index (χ3v) is 5.30. The number of hydrogen-bond acceptors (Lipinski definition) is 7. The molecule has 10 heteroatoms. The SMILES string of the molecule is C=CCOC(=O)N1C[C@@H](NC(=O)OC(C)(C)C)C[C@H]1COc1cccnc1-c1ccc(C(=O)O)cc1.